The van der Waals surface area contributed by atoms with Crippen LogP contribution >= 0.6 is 0 Å². The lowest BCUT2D eigenvalue weighted by atomic mass is 10.1. The maximum absolute atomic E-state index is 11.6. The van der Waals surface area contributed by atoms with Crippen LogP contribution in [0, 0.1) is 5.41 Å². The lowest BCUT2D eigenvalue weighted by Gasteiger charge is -2.21. The van der Waals surface area contributed by atoms with Crippen LogP contribution in [0.5, 0.6) is 0 Å². The molecule has 0 atom stereocenters. The Morgan fingerprint density at radius 2 is 2.00 bits per heavy atom. The summed E-state index contributed by atoms with van der Waals surface area (Å²) in [6, 6.07) is 0.422. The lowest BCUT2D eigenvalue weighted by Crippen LogP contribution is -2.41. The molecule has 92 valence electrons. The van der Waals surface area contributed by atoms with E-state index in [-0.39, 0.29) is 5.91 Å². The van der Waals surface area contributed by atoms with Crippen LogP contribution in [-0.2, 0) is 9.59 Å². The molecule has 0 bridgehead atoms. The van der Waals surface area contributed by atoms with Crippen molar-refractivity contribution >= 4 is 11.9 Å². The van der Waals surface area contributed by atoms with Gasteiger partial charge in [-0.15, -0.1) is 0 Å². The van der Waals surface area contributed by atoms with Gasteiger partial charge in [0.2, 0.25) is 5.91 Å². The van der Waals surface area contributed by atoms with E-state index in [0.717, 1.165) is 6.54 Å². The fourth-order valence-electron chi connectivity index (χ4n) is 1.44. The summed E-state index contributed by atoms with van der Waals surface area (Å²) in [4.78, 5) is 24.6. The summed E-state index contributed by atoms with van der Waals surface area (Å²) < 4.78 is 0. The number of aliphatic carboxylic acids is 1. The van der Waals surface area contributed by atoms with Gasteiger partial charge in [0.25, 0.3) is 0 Å². The largest absolute Gasteiger partial charge is 0.480 e. The number of likely N-dealkylation sites (N-methyl/N-ethyl adjacent to an activating group) is 1. The summed E-state index contributed by atoms with van der Waals surface area (Å²) in [7, 11) is 1.97. The van der Waals surface area contributed by atoms with Gasteiger partial charge in [0, 0.05) is 19.1 Å². The van der Waals surface area contributed by atoms with Crippen molar-refractivity contribution in [2.45, 2.75) is 32.7 Å². The van der Waals surface area contributed by atoms with Gasteiger partial charge in [-0.25, -0.2) is 0 Å². The van der Waals surface area contributed by atoms with E-state index in [1.165, 1.54) is 0 Å². The molecule has 5 nitrogen and oxygen atoms in total. The van der Waals surface area contributed by atoms with E-state index >= 15 is 0 Å². The summed E-state index contributed by atoms with van der Waals surface area (Å²) >= 11 is 0. The molecule has 1 aliphatic carbocycles. The molecule has 1 aliphatic rings. The molecule has 5 heteroatoms. The first-order chi connectivity index (χ1) is 7.40. The number of nitrogens with zero attached hydrogens (tertiary/aromatic N) is 1. The summed E-state index contributed by atoms with van der Waals surface area (Å²) in [5.41, 5.74) is -1.11. The summed E-state index contributed by atoms with van der Waals surface area (Å²) in [5, 5.41) is 11.6. The molecule has 0 aliphatic heterocycles. The van der Waals surface area contributed by atoms with Crippen LogP contribution in [0.25, 0.3) is 0 Å². The first-order valence-electron chi connectivity index (χ1n) is 5.62. The van der Waals surface area contributed by atoms with Crippen LogP contribution in [0.1, 0.15) is 26.7 Å². The molecule has 1 rings (SSSR count). The van der Waals surface area contributed by atoms with E-state index in [9.17, 15) is 9.59 Å². The average molecular weight is 228 g/mol. The van der Waals surface area contributed by atoms with Crippen molar-refractivity contribution in [3.8, 4) is 0 Å². The molecule has 1 saturated carbocycles. The zero-order valence-electron chi connectivity index (χ0n) is 10.1. The van der Waals surface area contributed by atoms with Crippen molar-refractivity contribution in [2.24, 2.45) is 5.41 Å². The van der Waals surface area contributed by atoms with Crippen molar-refractivity contribution in [2.75, 3.05) is 20.1 Å². The fourth-order valence-corrected chi connectivity index (χ4v) is 1.44. The van der Waals surface area contributed by atoms with E-state index in [1.54, 1.807) is 0 Å². The molecule has 0 aromatic rings. The molecule has 0 saturated heterocycles. The Morgan fingerprint density at radius 3 is 2.38 bits per heavy atom. The van der Waals surface area contributed by atoms with Crippen LogP contribution in [0.15, 0.2) is 0 Å². The standard InChI is InChI=1S/C11H20N2O3/c1-8(2)13(3)7-6-12-9(14)11(4-5-11)10(15)16/h8H,4-7H2,1-3H3,(H,12,14)(H,15,16). The molecule has 0 heterocycles. The molecule has 16 heavy (non-hydrogen) atoms. The van der Waals surface area contributed by atoms with E-state index < -0.39 is 11.4 Å². The van der Waals surface area contributed by atoms with E-state index in [4.69, 9.17) is 5.11 Å². The van der Waals surface area contributed by atoms with Crippen molar-refractivity contribution in [1.29, 1.82) is 0 Å². The summed E-state index contributed by atoms with van der Waals surface area (Å²) in [5.74, 6) is -1.33. The van der Waals surface area contributed by atoms with Gasteiger partial charge < -0.3 is 15.3 Å². The fraction of sp³-hybridized carbons (Fsp3) is 0.818. The van der Waals surface area contributed by atoms with Gasteiger partial charge in [-0.3, -0.25) is 9.59 Å². The molecule has 0 radical (unpaired) electrons. The summed E-state index contributed by atoms with van der Waals surface area (Å²) in [6.45, 7) is 5.38. The Labute approximate surface area is 95.8 Å². The predicted octanol–water partition coefficient (Wildman–Crippen LogP) is 0.308. The van der Waals surface area contributed by atoms with E-state index in [1.807, 2.05) is 7.05 Å². The van der Waals surface area contributed by atoms with E-state index in [2.05, 4.69) is 24.1 Å². The highest BCUT2D eigenvalue weighted by Crippen LogP contribution is 2.45. The molecule has 0 spiro atoms. The molecule has 2 N–H and O–H groups in total. The minimum Gasteiger partial charge on any atom is -0.480 e. The van der Waals surface area contributed by atoms with Gasteiger partial charge in [0.15, 0.2) is 0 Å². The first kappa shape index (κ1) is 13.0. The number of carboxylic acid groups (broad SMARTS) is 1. The highest BCUT2D eigenvalue weighted by molar-refractivity contribution is 6.04. The van der Waals surface area contributed by atoms with Crippen LogP contribution < -0.4 is 5.32 Å². The third-order valence-corrected chi connectivity index (χ3v) is 3.23. The van der Waals surface area contributed by atoms with Crippen molar-refractivity contribution < 1.29 is 14.7 Å². The second-order valence-electron chi connectivity index (χ2n) is 4.72. The van der Waals surface area contributed by atoms with Gasteiger partial charge in [0.05, 0.1) is 0 Å². The number of hydrogen-bond acceptors (Lipinski definition) is 3. The zero-order valence-corrected chi connectivity index (χ0v) is 10.1. The number of carboxylic acids is 1. The number of rotatable bonds is 6. The SMILES string of the molecule is CC(C)N(C)CCNC(=O)C1(C(=O)O)CC1. The smallest absolute Gasteiger partial charge is 0.319 e. The predicted molar refractivity (Wildman–Crippen MR) is 60.1 cm³/mol. The first-order valence-corrected chi connectivity index (χ1v) is 5.62. The van der Waals surface area contributed by atoms with Crippen LogP contribution in [-0.4, -0.2) is 48.1 Å². The van der Waals surface area contributed by atoms with Crippen molar-refractivity contribution in [3.63, 3.8) is 0 Å². The highest BCUT2D eigenvalue weighted by Gasteiger charge is 2.56. The number of amides is 1. The van der Waals surface area contributed by atoms with E-state index in [0.29, 0.717) is 25.4 Å². The summed E-state index contributed by atoms with van der Waals surface area (Å²) in [6.07, 6.45) is 0.933. The zero-order chi connectivity index (χ0) is 12.3. The molecule has 0 aromatic heterocycles. The lowest BCUT2D eigenvalue weighted by molar-refractivity contribution is -0.149. The Hall–Kier alpha value is -1.10. The molecular formula is C11H20N2O3. The average Bonchev–Trinajstić information content (AvgIpc) is 2.97. The minimum atomic E-state index is -1.11. The van der Waals surface area contributed by atoms with Crippen LogP contribution in [0.4, 0.5) is 0 Å². The minimum absolute atomic E-state index is 0.336. The highest BCUT2D eigenvalue weighted by atomic mass is 16.4. The topological polar surface area (TPSA) is 69.6 Å². The Morgan fingerprint density at radius 1 is 1.44 bits per heavy atom. The molecule has 1 amide bonds. The molecule has 1 fully saturated rings. The third kappa shape index (κ3) is 2.72. The number of carbonyl (C=O) groups excluding carboxylic acids is 1. The molecule has 0 aromatic carbocycles. The second kappa shape index (κ2) is 4.82. The van der Waals surface area contributed by atoms with Gasteiger partial charge >= 0.3 is 5.97 Å². The quantitative estimate of drug-likeness (QED) is 0.642. The second-order valence-corrected chi connectivity index (χ2v) is 4.72. The van der Waals surface area contributed by atoms with Gasteiger partial charge in [-0.05, 0) is 33.7 Å². The molecule has 0 unspecified atom stereocenters. The maximum atomic E-state index is 11.6. The van der Waals surface area contributed by atoms with Gasteiger partial charge in [-0.1, -0.05) is 0 Å². The van der Waals surface area contributed by atoms with Crippen molar-refractivity contribution in [1.82, 2.24) is 10.2 Å². The van der Waals surface area contributed by atoms with Crippen molar-refractivity contribution in [3.05, 3.63) is 0 Å². The number of hydrogen-bond donors (Lipinski definition) is 2. The third-order valence-electron chi connectivity index (χ3n) is 3.23. The Balaban J connectivity index is 2.29. The monoisotopic (exact) mass is 228 g/mol. The maximum Gasteiger partial charge on any atom is 0.319 e. The van der Waals surface area contributed by atoms with Crippen LogP contribution in [0.2, 0.25) is 0 Å². The van der Waals surface area contributed by atoms with Crippen LogP contribution in [0.3, 0.4) is 0 Å². The van der Waals surface area contributed by atoms with Gasteiger partial charge in [0.1, 0.15) is 5.41 Å². The number of carbonyl (C=O) groups is 2. The van der Waals surface area contributed by atoms with Gasteiger partial charge in [-0.2, -0.15) is 0 Å². The Kier molecular flexibility index (Phi) is 3.91. The molecular weight excluding hydrogens is 208 g/mol. The normalized spacial score (nSPS) is 17.6. The number of nitrogens with one attached hydrogen (secondary N) is 1. The Bertz CT molecular complexity index is 285.